The van der Waals surface area contributed by atoms with Crippen LogP contribution in [0, 0.1) is 0 Å². The number of carbonyl (C=O) groups excluding carboxylic acids is 1. The van der Waals surface area contributed by atoms with Gasteiger partial charge in [0.15, 0.2) is 11.5 Å². The first-order valence-electron chi connectivity index (χ1n) is 6.30. The van der Waals surface area contributed by atoms with E-state index in [1.807, 2.05) is 18.2 Å². The lowest BCUT2D eigenvalue weighted by Crippen LogP contribution is -2.12. The molecule has 0 atom stereocenters. The first-order chi connectivity index (χ1) is 10.3. The monoisotopic (exact) mass is 282 g/mol. The van der Waals surface area contributed by atoms with Crippen LogP contribution in [0.5, 0.6) is 11.5 Å². The SMILES string of the molecule is O=C(Nc1cnc2cc3c(cc2c1)OCO3)c1ccn[nH]1. The number of anilines is 1. The summed E-state index contributed by atoms with van der Waals surface area (Å²) in [6, 6.07) is 7.09. The van der Waals surface area contributed by atoms with Crippen molar-refractivity contribution >= 4 is 22.5 Å². The second-order valence-corrected chi connectivity index (χ2v) is 4.55. The average molecular weight is 282 g/mol. The van der Waals surface area contributed by atoms with Crippen LogP contribution in [0.1, 0.15) is 10.5 Å². The Morgan fingerprint density at radius 3 is 2.90 bits per heavy atom. The van der Waals surface area contributed by atoms with Gasteiger partial charge in [0, 0.05) is 17.6 Å². The third kappa shape index (κ3) is 2.04. The summed E-state index contributed by atoms with van der Waals surface area (Å²) in [4.78, 5) is 16.3. The summed E-state index contributed by atoms with van der Waals surface area (Å²) >= 11 is 0. The first kappa shape index (κ1) is 11.7. The van der Waals surface area contributed by atoms with Gasteiger partial charge in [0.2, 0.25) is 6.79 Å². The Hall–Kier alpha value is -3.09. The van der Waals surface area contributed by atoms with Crippen LogP contribution in [-0.4, -0.2) is 27.9 Å². The topological polar surface area (TPSA) is 89.1 Å². The minimum atomic E-state index is -0.269. The highest BCUT2D eigenvalue weighted by Gasteiger charge is 2.15. The van der Waals surface area contributed by atoms with E-state index in [2.05, 4.69) is 20.5 Å². The van der Waals surface area contributed by atoms with Crippen LogP contribution in [0.3, 0.4) is 0 Å². The van der Waals surface area contributed by atoms with Crippen LogP contribution in [0.25, 0.3) is 10.9 Å². The largest absolute Gasteiger partial charge is 0.454 e. The second kappa shape index (κ2) is 4.48. The molecule has 104 valence electrons. The van der Waals surface area contributed by atoms with Gasteiger partial charge < -0.3 is 14.8 Å². The van der Waals surface area contributed by atoms with Crippen molar-refractivity contribution in [2.45, 2.75) is 0 Å². The molecule has 0 fully saturated rings. The van der Waals surface area contributed by atoms with E-state index >= 15 is 0 Å². The Balaban J connectivity index is 1.67. The number of rotatable bonds is 2. The molecule has 7 heteroatoms. The molecule has 7 nitrogen and oxygen atoms in total. The van der Waals surface area contributed by atoms with Crippen LogP contribution in [0.15, 0.2) is 36.7 Å². The normalized spacial score (nSPS) is 12.6. The molecule has 1 aromatic carbocycles. The Labute approximate surface area is 118 Å². The lowest BCUT2D eigenvalue weighted by molar-refractivity contribution is 0.102. The maximum atomic E-state index is 11.9. The second-order valence-electron chi connectivity index (χ2n) is 4.55. The van der Waals surface area contributed by atoms with E-state index in [1.54, 1.807) is 12.3 Å². The van der Waals surface area contributed by atoms with Crippen LogP contribution in [0.2, 0.25) is 0 Å². The van der Waals surface area contributed by atoms with Gasteiger partial charge in [-0.1, -0.05) is 0 Å². The van der Waals surface area contributed by atoms with E-state index in [1.165, 1.54) is 6.20 Å². The summed E-state index contributed by atoms with van der Waals surface area (Å²) in [6.07, 6.45) is 3.12. The average Bonchev–Trinajstić information content (AvgIpc) is 3.15. The highest BCUT2D eigenvalue weighted by molar-refractivity contribution is 6.03. The number of benzene rings is 1. The molecular weight excluding hydrogens is 272 g/mol. The van der Waals surface area contributed by atoms with Crippen LogP contribution < -0.4 is 14.8 Å². The predicted molar refractivity (Wildman–Crippen MR) is 74.4 cm³/mol. The molecule has 2 aromatic heterocycles. The zero-order chi connectivity index (χ0) is 14.2. The van der Waals surface area contributed by atoms with Crippen molar-refractivity contribution < 1.29 is 14.3 Å². The number of H-pyrrole nitrogens is 1. The maximum absolute atomic E-state index is 11.9. The first-order valence-corrected chi connectivity index (χ1v) is 6.30. The van der Waals surface area contributed by atoms with Gasteiger partial charge in [0.05, 0.1) is 17.4 Å². The van der Waals surface area contributed by atoms with E-state index in [9.17, 15) is 4.79 Å². The van der Waals surface area contributed by atoms with Gasteiger partial charge in [-0.25, -0.2) is 0 Å². The summed E-state index contributed by atoms with van der Waals surface area (Å²) < 4.78 is 10.6. The number of aromatic amines is 1. The lowest BCUT2D eigenvalue weighted by Gasteiger charge is -2.05. The van der Waals surface area contributed by atoms with E-state index < -0.39 is 0 Å². The van der Waals surface area contributed by atoms with Gasteiger partial charge in [-0.05, 0) is 18.2 Å². The van der Waals surface area contributed by atoms with E-state index in [0.29, 0.717) is 22.9 Å². The molecule has 0 radical (unpaired) electrons. The molecule has 1 aliphatic heterocycles. The van der Waals surface area contributed by atoms with Crippen molar-refractivity contribution in [1.82, 2.24) is 15.2 Å². The Morgan fingerprint density at radius 1 is 1.24 bits per heavy atom. The summed E-state index contributed by atoms with van der Waals surface area (Å²) in [5.74, 6) is 1.10. The van der Waals surface area contributed by atoms with Gasteiger partial charge in [-0.15, -0.1) is 0 Å². The maximum Gasteiger partial charge on any atom is 0.273 e. The van der Waals surface area contributed by atoms with Crippen molar-refractivity contribution in [3.8, 4) is 11.5 Å². The van der Waals surface area contributed by atoms with Gasteiger partial charge in [0.25, 0.3) is 5.91 Å². The molecule has 0 aliphatic carbocycles. The van der Waals surface area contributed by atoms with Gasteiger partial charge >= 0.3 is 0 Å². The lowest BCUT2D eigenvalue weighted by atomic mass is 10.2. The van der Waals surface area contributed by atoms with Gasteiger partial charge in [-0.2, -0.15) is 5.10 Å². The number of ether oxygens (including phenoxy) is 2. The van der Waals surface area contributed by atoms with Crippen LogP contribution in [0.4, 0.5) is 5.69 Å². The Morgan fingerprint density at radius 2 is 2.10 bits per heavy atom. The van der Waals surface area contributed by atoms with E-state index in [0.717, 1.165) is 10.9 Å². The molecule has 21 heavy (non-hydrogen) atoms. The molecule has 1 aliphatic rings. The number of fused-ring (bicyclic) bond motifs is 2. The molecule has 4 rings (SSSR count). The quantitative estimate of drug-likeness (QED) is 0.749. The Kier molecular flexibility index (Phi) is 2.50. The number of hydrogen-bond donors (Lipinski definition) is 2. The zero-order valence-corrected chi connectivity index (χ0v) is 10.8. The summed E-state index contributed by atoms with van der Waals surface area (Å²) in [7, 11) is 0. The number of hydrogen-bond acceptors (Lipinski definition) is 5. The molecule has 0 saturated carbocycles. The number of carbonyl (C=O) groups is 1. The third-order valence-electron chi connectivity index (χ3n) is 3.18. The molecule has 0 unspecified atom stereocenters. The molecule has 3 aromatic rings. The van der Waals surface area contributed by atoms with Crippen molar-refractivity contribution in [2.24, 2.45) is 0 Å². The van der Waals surface area contributed by atoms with Crippen molar-refractivity contribution in [2.75, 3.05) is 12.1 Å². The molecule has 0 saturated heterocycles. The van der Waals surface area contributed by atoms with Gasteiger partial charge in [-0.3, -0.25) is 14.9 Å². The Bertz CT molecular complexity index is 830. The van der Waals surface area contributed by atoms with E-state index in [-0.39, 0.29) is 12.7 Å². The predicted octanol–water partition coefficient (Wildman–Crippen LogP) is 1.94. The number of nitrogens with zero attached hydrogens (tertiary/aromatic N) is 2. The molecule has 0 spiro atoms. The fourth-order valence-corrected chi connectivity index (χ4v) is 2.17. The zero-order valence-electron chi connectivity index (χ0n) is 10.8. The third-order valence-corrected chi connectivity index (χ3v) is 3.18. The minimum Gasteiger partial charge on any atom is -0.454 e. The summed E-state index contributed by atoms with van der Waals surface area (Å²) in [6.45, 7) is 0.217. The number of nitrogens with one attached hydrogen (secondary N) is 2. The summed E-state index contributed by atoms with van der Waals surface area (Å²) in [5, 5.41) is 9.97. The molecule has 0 bridgehead atoms. The van der Waals surface area contributed by atoms with Gasteiger partial charge in [0.1, 0.15) is 5.69 Å². The van der Waals surface area contributed by atoms with Crippen LogP contribution in [-0.2, 0) is 0 Å². The number of pyridine rings is 1. The molecule has 2 N–H and O–H groups in total. The van der Waals surface area contributed by atoms with Crippen molar-refractivity contribution in [3.63, 3.8) is 0 Å². The van der Waals surface area contributed by atoms with Crippen molar-refractivity contribution in [1.29, 1.82) is 0 Å². The number of amides is 1. The van der Waals surface area contributed by atoms with E-state index in [4.69, 9.17) is 9.47 Å². The summed E-state index contributed by atoms with van der Waals surface area (Å²) in [5.41, 5.74) is 1.76. The molecule has 3 heterocycles. The fourth-order valence-electron chi connectivity index (χ4n) is 2.17. The molecular formula is C14H10N4O3. The van der Waals surface area contributed by atoms with Crippen LogP contribution >= 0.6 is 0 Å². The minimum absolute atomic E-state index is 0.217. The highest BCUT2D eigenvalue weighted by Crippen LogP contribution is 2.35. The fraction of sp³-hybridized carbons (Fsp3) is 0.0714. The smallest absolute Gasteiger partial charge is 0.273 e. The highest BCUT2D eigenvalue weighted by atomic mass is 16.7. The number of aromatic nitrogens is 3. The standard InChI is InChI=1S/C14H10N4O3/c19-14(10-1-2-16-18-10)17-9-3-8-4-12-13(21-7-20-12)5-11(8)15-6-9/h1-6H,7H2,(H,16,18)(H,17,19). The molecule has 1 amide bonds. The van der Waals surface area contributed by atoms with Crippen molar-refractivity contribution in [3.05, 3.63) is 42.4 Å².